The molecule has 0 amide bonds. The Kier molecular flexibility index (Phi) is 4.76. The van der Waals surface area contributed by atoms with Gasteiger partial charge in [0.2, 0.25) is 5.95 Å². The predicted molar refractivity (Wildman–Crippen MR) is 108 cm³/mol. The Morgan fingerprint density at radius 2 is 2.21 bits per heavy atom. The maximum absolute atomic E-state index is 9.70. The van der Waals surface area contributed by atoms with Crippen molar-refractivity contribution in [2.45, 2.75) is 43.7 Å². The molecular weight excluding hydrogens is 370 g/mol. The van der Waals surface area contributed by atoms with Crippen LogP contribution in [0, 0.1) is 0 Å². The average Bonchev–Trinajstić information content (AvgIpc) is 3.14. The van der Waals surface area contributed by atoms with E-state index in [1.54, 1.807) is 24.0 Å². The van der Waals surface area contributed by atoms with E-state index in [2.05, 4.69) is 20.6 Å². The number of aromatic nitrogens is 5. The molecule has 3 aromatic heterocycles. The van der Waals surface area contributed by atoms with Crippen molar-refractivity contribution in [1.29, 1.82) is 0 Å². The quantitative estimate of drug-likeness (QED) is 0.598. The van der Waals surface area contributed by atoms with Gasteiger partial charge in [-0.1, -0.05) is 0 Å². The van der Waals surface area contributed by atoms with Crippen molar-refractivity contribution in [3.63, 3.8) is 0 Å². The second-order valence-corrected chi connectivity index (χ2v) is 7.79. The molecule has 1 saturated heterocycles. The Labute approximate surface area is 168 Å². The number of anilines is 1. The maximum atomic E-state index is 9.70. The molecule has 152 valence electrons. The molecule has 2 aliphatic rings. The molecule has 0 radical (unpaired) electrons. The third-order valence-corrected chi connectivity index (χ3v) is 5.75. The zero-order valence-corrected chi connectivity index (χ0v) is 16.4. The summed E-state index contributed by atoms with van der Waals surface area (Å²) in [5.74, 6) is 1.52. The van der Waals surface area contributed by atoms with Gasteiger partial charge < -0.3 is 20.5 Å². The lowest BCUT2D eigenvalue weighted by molar-refractivity contribution is 0.0718. The molecule has 3 N–H and O–H groups in total. The first kappa shape index (κ1) is 18.3. The Bertz CT molecular complexity index is 1010. The summed E-state index contributed by atoms with van der Waals surface area (Å²) in [6.45, 7) is 1.98. The molecule has 1 saturated carbocycles. The van der Waals surface area contributed by atoms with Crippen molar-refractivity contribution in [1.82, 2.24) is 29.9 Å². The Morgan fingerprint density at radius 1 is 1.31 bits per heavy atom. The average molecular weight is 395 g/mol. The minimum Gasteiger partial charge on any atom is -0.495 e. The van der Waals surface area contributed by atoms with Gasteiger partial charge in [-0.3, -0.25) is 0 Å². The highest BCUT2D eigenvalue weighted by Crippen LogP contribution is 2.40. The van der Waals surface area contributed by atoms with E-state index < -0.39 is 0 Å². The summed E-state index contributed by atoms with van der Waals surface area (Å²) in [5.41, 5.74) is 3.11. The molecule has 1 unspecified atom stereocenters. The fourth-order valence-electron chi connectivity index (χ4n) is 4.07. The van der Waals surface area contributed by atoms with Crippen LogP contribution in [-0.2, 0) is 0 Å². The highest BCUT2D eigenvalue weighted by Gasteiger charge is 2.33. The number of nitrogens with one attached hydrogen (secondary N) is 2. The first-order chi connectivity index (χ1) is 14.2. The van der Waals surface area contributed by atoms with Gasteiger partial charge in [0, 0.05) is 30.8 Å². The smallest absolute Gasteiger partial charge is 0.223 e. The Hall–Kier alpha value is -2.78. The number of methoxy groups -OCH3 is 1. The normalized spacial score (nSPS) is 24.3. The Balaban J connectivity index is 1.48. The van der Waals surface area contributed by atoms with Crippen LogP contribution in [-0.4, -0.2) is 62.0 Å². The third-order valence-electron chi connectivity index (χ3n) is 5.75. The van der Waals surface area contributed by atoms with Crippen LogP contribution < -0.4 is 15.4 Å². The van der Waals surface area contributed by atoms with Gasteiger partial charge in [-0.25, -0.2) is 19.5 Å². The lowest BCUT2D eigenvalue weighted by atomic mass is 9.80. The summed E-state index contributed by atoms with van der Waals surface area (Å²) in [4.78, 5) is 13.6. The largest absolute Gasteiger partial charge is 0.495 e. The number of hydrogen-bond acceptors (Lipinski definition) is 8. The van der Waals surface area contributed by atoms with Crippen molar-refractivity contribution in [3.05, 3.63) is 30.2 Å². The number of nitrogens with zero attached hydrogens (tertiary/aromatic N) is 5. The SMILES string of the molecule is COc1cc2ncc(-c3ccnc(NC4CCCNC4)n3)n2nc1C1CC(O)C1. The second-order valence-electron chi connectivity index (χ2n) is 7.79. The van der Waals surface area contributed by atoms with E-state index in [0.717, 1.165) is 43.0 Å². The van der Waals surface area contributed by atoms with Gasteiger partial charge in [-0.2, -0.15) is 5.10 Å². The van der Waals surface area contributed by atoms with Crippen LogP contribution in [0.15, 0.2) is 24.5 Å². The van der Waals surface area contributed by atoms with Crippen molar-refractivity contribution in [2.24, 2.45) is 0 Å². The fraction of sp³-hybridized carbons (Fsp3) is 0.500. The van der Waals surface area contributed by atoms with Gasteiger partial charge in [0.05, 0.1) is 25.1 Å². The number of hydrogen-bond donors (Lipinski definition) is 3. The summed E-state index contributed by atoms with van der Waals surface area (Å²) in [5, 5.41) is 21.3. The van der Waals surface area contributed by atoms with Gasteiger partial charge in [0.25, 0.3) is 0 Å². The van der Waals surface area contributed by atoms with Crippen LogP contribution in [0.5, 0.6) is 5.75 Å². The molecule has 5 rings (SSSR count). The summed E-state index contributed by atoms with van der Waals surface area (Å²) in [6.07, 6.45) is 6.94. The standard InChI is InChI=1S/C20H25N7O2/c1-29-17-9-18-23-11-16(27(18)26-19(17)12-7-14(28)8-12)15-4-6-22-20(25-15)24-13-3-2-5-21-10-13/h4,6,9,11-14,21,28H,2-3,5,7-8,10H2,1H3,(H,22,24,25). The van der Waals surface area contributed by atoms with Crippen molar-refractivity contribution < 1.29 is 9.84 Å². The molecule has 1 aliphatic heterocycles. The van der Waals surface area contributed by atoms with Crippen LogP contribution in [0.1, 0.15) is 37.3 Å². The highest BCUT2D eigenvalue weighted by molar-refractivity contribution is 5.61. The lowest BCUT2D eigenvalue weighted by Gasteiger charge is -2.31. The van der Waals surface area contributed by atoms with Crippen LogP contribution in [0.4, 0.5) is 5.95 Å². The molecule has 2 fully saturated rings. The first-order valence-corrected chi connectivity index (χ1v) is 10.1. The van der Waals surface area contributed by atoms with Crippen molar-refractivity contribution in [3.8, 4) is 17.1 Å². The summed E-state index contributed by atoms with van der Waals surface area (Å²) in [6, 6.07) is 4.09. The predicted octanol–water partition coefficient (Wildman–Crippen LogP) is 1.60. The number of aliphatic hydroxyl groups excluding tert-OH is 1. The van der Waals surface area contributed by atoms with Crippen LogP contribution in [0.25, 0.3) is 17.0 Å². The zero-order chi connectivity index (χ0) is 19.8. The van der Waals surface area contributed by atoms with Gasteiger partial charge >= 0.3 is 0 Å². The van der Waals surface area contributed by atoms with Crippen molar-refractivity contribution in [2.75, 3.05) is 25.5 Å². The molecule has 4 heterocycles. The molecule has 9 nitrogen and oxygen atoms in total. The molecule has 3 aromatic rings. The van der Waals surface area contributed by atoms with Crippen LogP contribution in [0.3, 0.4) is 0 Å². The molecular formula is C20H25N7O2. The first-order valence-electron chi connectivity index (χ1n) is 10.1. The van der Waals surface area contributed by atoms with E-state index >= 15 is 0 Å². The number of ether oxygens (including phenoxy) is 1. The van der Waals surface area contributed by atoms with E-state index in [4.69, 9.17) is 14.8 Å². The topological polar surface area (TPSA) is 109 Å². The summed E-state index contributed by atoms with van der Waals surface area (Å²) >= 11 is 0. The van der Waals surface area contributed by atoms with Crippen molar-refractivity contribution >= 4 is 11.6 Å². The molecule has 0 bridgehead atoms. The minimum absolute atomic E-state index is 0.195. The number of fused-ring (bicyclic) bond motifs is 1. The van der Waals surface area contributed by atoms with E-state index in [1.165, 1.54) is 0 Å². The number of imidazole rings is 1. The van der Waals surface area contributed by atoms with Gasteiger partial charge in [-0.15, -0.1) is 0 Å². The van der Waals surface area contributed by atoms with Crippen LogP contribution in [0.2, 0.25) is 0 Å². The monoisotopic (exact) mass is 395 g/mol. The molecule has 1 aliphatic carbocycles. The number of rotatable bonds is 5. The van der Waals surface area contributed by atoms with E-state index in [9.17, 15) is 5.11 Å². The molecule has 9 heteroatoms. The van der Waals surface area contributed by atoms with E-state index in [1.807, 2.05) is 12.1 Å². The minimum atomic E-state index is -0.255. The van der Waals surface area contributed by atoms with Gasteiger partial charge in [0.1, 0.15) is 17.1 Å². The Morgan fingerprint density at radius 3 is 2.97 bits per heavy atom. The van der Waals surface area contributed by atoms with Crippen LogP contribution >= 0.6 is 0 Å². The third kappa shape index (κ3) is 3.51. The summed E-state index contributed by atoms with van der Waals surface area (Å²) < 4.78 is 7.33. The number of aliphatic hydroxyl groups is 1. The lowest BCUT2D eigenvalue weighted by Crippen LogP contribution is -2.38. The van der Waals surface area contributed by atoms with Gasteiger partial charge in [-0.05, 0) is 38.3 Å². The number of piperidine rings is 1. The molecule has 0 aromatic carbocycles. The summed E-state index contributed by atoms with van der Waals surface area (Å²) in [7, 11) is 1.64. The van der Waals surface area contributed by atoms with Gasteiger partial charge in [0.15, 0.2) is 5.65 Å². The maximum Gasteiger partial charge on any atom is 0.223 e. The van der Waals surface area contributed by atoms with E-state index in [0.29, 0.717) is 36.2 Å². The molecule has 0 spiro atoms. The molecule has 29 heavy (non-hydrogen) atoms. The molecule has 1 atom stereocenters. The zero-order valence-electron chi connectivity index (χ0n) is 16.4. The van der Waals surface area contributed by atoms with E-state index in [-0.39, 0.29) is 12.0 Å². The fourth-order valence-corrected chi connectivity index (χ4v) is 4.07. The second kappa shape index (κ2) is 7.57. The highest BCUT2D eigenvalue weighted by atomic mass is 16.5.